The van der Waals surface area contributed by atoms with Gasteiger partial charge in [0.25, 0.3) is 0 Å². The molecule has 0 spiro atoms. The zero-order chi connectivity index (χ0) is 11.3. The van der Waals surface area contributed by atoms with Crippen LogP contribution in [-0.2, 0) is 0 Å². The van der Waals surface area contributed by atoms with E-state index in [1.165, 1.54) is 11.3 Å². The van der Waals surface area contributed by atoms with Crippen LogP contribution in [0.25, 0.3) is 0 Å². The third-order valence-corrected chi connectivity index (χ3v) is 4.45. The van der Waals surface area contributed by atoms with Gasteiger partial charge in [0.15, 0.2) is 0 Å². The molecule has 0 aliphatic rings. The second-order valence-electron chi connectivity index (χ2n) is 2.87. The molecule has 5 heteroatoms. The highest BCUT2D eigenvalue weighted by molar-refractivity contribution is 9.10. The van der Waals surface area contributed by atoms with Gasteiger partial charge in [0.1, 0.15) is 4.34 Å². The molecule has 15 heavy (non-hydrogen) atoms. The van der Waals surface area contributed by atoms with Gasteiger partial charge in [0, 0.05) is 15.9 Å². The fourth-order valence-corrected chi connectivity index (χ4v) is 2.92. The zero-order valence-corrected chi connectivity index (χ0v) is 11.5. The van der Waals surface area contributed by atoms with E-state index in [9.17, 15) is 0 Å². The summed E-state index contributed by atoms with van der Waals surface area (Å²) in [6, 6.07) is 2.12. The number of halogens is 2. The van der Waals surface area contributed by atoms with Crippen molar-refractivity contribution in [2.75, 3.05) is 13.1 Å². The number of hydrogen-bond acceptors (Lipinski definition) is 3. The Morgan fingerprint density at radius 1 is 1.73 bits per heavy atom. The summed E-state index contributed by atoms with van der Waals surface area (Å²) in [4.78, 5) is 1.13. The molecule has 0 saturated heterocycles. The largest absolute Gasteiger partial charge is 0.329 e. The van der Waals surface area contributed by atoms with E-state index >= 15 is 0 Å². The van der Waals surface area contributed by atoms with Gasteiger partial charge in [-0.25, -0.2) is 0 Å². The Bertz CT molecular complexity index is 361. The Kier molecular flexibility index (Phi) is 5.65. The number of rotatable bonds is 4. The second kappa shape index (κ2) is 6.51. The molecule has 0 bridgehead atoms. The maximum absolute atomic E-state index is 5.97. The number of hydrogen-bond donors (Lipinski definition) is 2. The summed E-state index contributed by atoms with van der Waals surface area (Å²) in [7, 11) is 0. The molecule has 82 valence electrons. The topological polar surface area (TPSA) is 38.0 Å². The van der Waals surface area contributed by atoms with Gasteiger partial charge < -0.3 is 5.73 Å². The highest BCUT2D eigenvalue weighted by atomic mass is 79.9. The Labute approximate surface area is 107 Å². The molecule has 1 atom stereocenters. The normalized spacial score (nSPS) is 12.0. The van der Waals surface area contributed by atoms with Crippen LogP contribution in [0.4, 0.5) is 0 Å². The van der Waals surface area contributed by atoms with Crippen molar-refractivity contribution in [1.29, 1.82) is 0 Å². The first kappa shape index (κ1) is 13.0. The summed E-state index contributed by atoms with van der Waals surface area (Å²) >= 11 is 10.9. The molecule has 2 nitrogen and oxygen atoms in total. The maximum Gasteiger partial charge on any atom is 0.107 e. The Morgan fingerprint density at radius 3 is 2.93 bits per heavy atom. The van der Waals surface area contributed by atoms with Crippen molar-refractivity contribution in [3.63, 3.8) is 0 Å². The van der Waals surface area contributed by atoms with Crippen LogP contribution in [0.15, 0.2) is 10.5 Å². The van der Waals surface area contributed by atoms with Crippen molar-refractivity contribution in [3.8, 4) is 11.8 Å². The summed E-state index contributed by atoms with van der Waals surface area (Å²) in [6.45, 7) is 3.00. The fourth-order valence-electron chi connectivity index (χ4n) is 1.10. The second-order valence-corrected chi connectivity index (χ2v) is 5.41. The molecule has 1 aromatic heterocycles. The zero-order valence-electron chi connectivity index (χ0n) is 8.31. The highest BCUT2D eigenvalue weighted by Gasteiger charge is 2.13. The molecule has 0 amide bonds. The van der Waals surface area contributed by atoms with Crippen LogP contribution in [0, 0.1) is 11.8 Å². The first-order chi connectivity index (χ1) is 7.19. The van der Waals surface area contributed by atoms with E-state index < -0.39 is 0 Å². The van der Waals surface area contributed by atoms with E-state index in [1.807, 2.05) is 13.0 Å². The van der Waals surface area contributed by atoms with E-state index in [2.05, 4.69) is 33.1 Å². The van der Waals surface area contributed by atoms with Crippen molar-refractivity contribution in [2.45, 2.75) is 13.0 Å². The molecule has 0 aliphatic heterocycles. The Balaban J connectivity index is 2.68. The van der Waals surface area contributed by atoms with Gasteiger partial charge in [-0.2, -0.15) is 0 Å². The van der Waals surface area contributed by atoms with Crippen LogP contribution in [0.5, 0.6) is 0 Å². The quantitative estimate of drug-likeness (QED) is 0.840. The van der Waals surface area contributed by atoms with E-state index in [-0.39, 0.29) is 6.04 Å². The van der Waals surface area contributed by atoms with E-state index in [1.54, 1.807) is 0 Å². The SMILES string of the molecule is CC#CCNC(CN)c1cc(Br)c(Cl)s1. The monoisotopic (exact) mass is 306 g/mol. The summed E-state index contributed by atoms with van der Waals surface area (Å²) < 4.78 is 1.68. The molecule has 3 N–H and O–H groups in total. The van der Waals surface area contributed by atoms with Crippen molar-refractivity contribution in [2.24, 2.45) is 5.73 Å². The van der Waals surface area contributed by atoms with Crippen LogP contribution in [0.1, 0.15) is 17.8 Å². The van der Waals surface area contributed by atoms with Crippen LogP contribution in [0.3, 0.4) is 0 Å². The molecule has 1 aromatic rings. The third-order valence-electron chi connectivity index (χ3n) is 1.86. The first-order valence-corrected chi connectivity index (χ1v) is 6.45. The van der Waals surface area contributed by atoms with Crippen molar-refractivity contribution < 1.29 is 0 Å². The third kappa shape index (κ3) is 3.78. The van der Waals surface area contributed by atoms with Gasteiger partial charge >= 0.3 is 0 Å². The lowest BCUT2D eigenvalue weighted by Gasteiger charge is -2.12. The van der Waals surface area contributed by atoms with Gasteiger partial charge in [-0.1, -0.05) is 17.5 Å². The Morgan fingerprint density at radius 2 is 2.47 bits per heavy atom. The minimum Gasteiger partial charge on any atom is -0.329 e. The molecule has 1 heterocycles. The van der Waals surface area contributed by atoms with Crippen LogP contribution in [-0.4, -0.2) is 13.1 Å². The smallest absolute Gasteiger partial charge is 0.107 e. The summed E-state index contributed by atoms with van der Waals surface area (Å²) in [5.41, 5.74) is 5.68. The van der Waals surface area contributed by atoms with Gasteiger partial charge in [-0.15, -0.1) is 17.3 Å². The minimum atomic E-state index is 0.125. The van der Waals surface area contributed by atoms with Crippen LogP contribution < -0.4 is 11.1 Å². The maximum atomic E-state index is 5.97. The van der Waals surface area contributed by atoms with Crippen molar-refractivity contribution in [3.05, 3.63) is 19.8 Å². The van der Waals surface area contributed by atoms with E-state index in [0.717, 1.165) is 13.7 Å². The average Bonchev–Trinajstić information content (AvgIpc) is 2.54. The first-order valence-electron chi connectivity index (χ1n) is 4.46. The summed E-state index contributed by atoms with van der Waals surface area (Å²) in [5, 5.41) is 3.26. The average molecular weight is 308 g/mol. The van der Waals surface area contributed by atoms with Gasteiger partial charge in [-0.05, 0) is 28.9 Å². The van der Waals surface area contributed by atoms with Crippen molar-refractivity contribution in [1.82, 2.24) is 5.32 Å². The minimum absolute atomic E-state index is 0.125. The number of thiophene rings is 1. The highest BCUT2D eigenvalue weighted by Crippen LogP contribution is 2.34. The van der Waals surface area contributed by atoms with Gasteiger partial charge in [0.2, 0.25) is 0 Å². The molecule has 0 radical (unpaired) electrons. The van der Waals surface area contributed by atoms with Gasteiger partial charge in [0.05, 0.1) is 12.6 Å². The lowest BCUT2D eigenvalue weighted by Crippen LogP contribution is -2.27. The number of nitrogens with one attached hydrogen (secondary N) is 1. The molecule has 0 aliphatic carbocycles. The van der Waals surface area contributed by atoms with E-state index in [4.69, 9.17) is 17.3 Å². The standard InChI is InChI=1S/C10H12BrClN2S/c1-2-3-4-14-8(6-13)9-5-7(11)10(12)15-9/h5,8,14H,4,6,13H2,1H3. The molecule has 0 aromatic carbocycles. The van der Waals surface area contributed by atoms with Crippen LogP contribution in [0.2, 0.25) is 4.34 Å². The lowest BCUT2D eigenvalue weighted by atomic mass is 10.2. The fraction of sp³-hybridized carbons (Fsp3) is 0.400. The molecule has 0 fully saturated rings. The van der Waals surface area contributed by atoms with Crippen molar-refractivity contribution >= 4 is 38.9 Å². The predicted molar refractivity (Wildman–Crippen MR) is 70.3 cm³/mol. The molecular formula is C10H12BrClN2S. The number of nitrogens with two attached hydrogens (primary N) is 1. The molecule has 1 rings (SSSR count). The molecule has 0 saturated carbocycles. The summed E-state index contributed by atoms with van der Waals surface area (Å²) in [5.74, 6) is 5.78. The molecular weight excluding hydrogens is 296 g/mol. The van der Waals surface area contributed by atoms with E-state index in [0.29, 0.717) is 13.1 Å². The molecule has 1 unspecified atom stereocenters. The van der Waals surface area contributed by atoms with Gasteiger partial charge in [-0.3, -0.25) is 5.32 Å². The predicted octanol–water partition coefficient (Wildman–Crippen LogP) is 2.78. The van der Waals surface area contributed by atoms with Crippen LogP contribution >= 0.6 is 38.9 Å². The lowest BCUT2D eigenvalue weighted by molar-refractivity contribution is 0.591. The summed E-state index contributed by atoms with van der Waals surface area (Å²) in [6.07, 6.45) is 0. The Hall–Kier alpha value is -0.0500.